The van der Waals surface area contributed by atoms with E-state index in [-0.39, 0.29) is 5.43 Å². The lowest BCUT2D eigenvalue weighted by molar-refractivity contribution is 0.586. The molecule has 3 aromatic rings. The highest BCUT2D eigenvalue weighted by Crippen LogP contribution is 2.25. The Balaban J connectivity index is 1.99. The van der Waals surface area contributed by atoms with Crippen molar-refractivity contribution in [3.8, 4) is 0 Å². The molecule has 4 rings (SSSR count). The number of H-pyrrole nitrogens is 1. The van der Waals surface area contributed by atoms with Crippen LogP contribution in [-0.2, 0) is 6.42 Å². The Morgan fingerprint density at radius 2 is 2.09 bits per heavy atom. The van der Waals surface area contributed by atoms with Gasteiger partial charge in [-0.1, -0.05) is 6.92 Å². The molecule has 23 heavy (non-hydrogen) atoms. The molecule has 0 aliphatic carbocycles. The Morgan fingerprint density at radius 1 is 1.30 bits per heavy atom. The van der Waals surface area contributed by atoms with Gasteiger partial charge in [0.05, 0.1) is 0 Å². The zero-order chi connectivity index (χ0) is 16.0. The molecule has 0 amide bonds. The molecule has 0 bridgehead atoms. The Kier molecular flexibility index (Phi) is 3.54. The molecule has 0 spiro atoms. The fourth-order valence-corrected chi connectivity index (χ4v) is 3.97. The molecule has 7 heteroatoms. The molecule has 6 nitrogen and oxygen atoms in total. The number of aryl methyl sites for hydroxylation is 2. The first-order valence-electron chi connectivity index (χ1n) is 7.96. The third kappa shape index (κ3) is 2.40. The Bertz CT molecular complexity index is 939. The minimum absolute atomic E-state index is 0.00393. The number of pyridine rings is 1. The number of nitrogens with one attached hydrogen (secondary N) is 2. The molecule has 0 aromatic carbocycles. The van der Waals surface area contributed by atoms with E-state index in [1.165, 1.54) is 0 Å². The Labute approximate surface area is 137 Å². The van der Waals surface area contributed by atoms with E-state index in [9.17, 15) is 4.79 Å². The summed E-state index contributed by atoms with van der Waals surface area (Å²) in [7, 11) is 0. The minimum atomic E-state index is -0.00393. The van der Waals surface area contributed by atoms with Gasteiger partial charge in [0.25, 0.3) is 0 Å². The average Bonchev–Trinajstić information content (AvgIpc) is 2.92. The molecular formula is C16H19N5OS. The molecule has 0 atom stereocenters. The van der Waals surface area contributed by atoms with Crippen LogP contribution in [0.2, 0.25) is 0 Å². The van der Waals surface area contributed by atoms with Gasteiger partial charge in [-0.2, -0.15) is 0 Å². The first kappa shape index (κ1) is 14.6. The topological polar surface area (TPSA) is 73.9 Å². The molecule has 0 unspecified atom stereocenters. The maximum Gasteiger partial charge on any atom is 0.232 e. The lowest BCUT2D eigenvalue weighted by Crippen LogP contribution is -2.45. The molecular weight excluding hydrogens is 310 g/mol. The first-order chi connectivity index (χ1) is 11.2. The second-order valence-corrected chi connectivity index (χ2v) is 7.07. The van der Waals surface area contributed by atoms with Crippen molar-refractivity contribution < 1.29 is 0 Å². The number of aromatic amines is 1. The van der Waals surface area contributed by atoms with Crippen LogP contribution in [0.3, 0.4) is 0 Å². The van der Waals surface area contributed by atoms with E-state index in [0.29, 0.717) is 11.2 Å². The second-order valence-electron chi connectivity index (χ2n) is 5.84. The summed E-state index contributed by atoms with van der Waals surface area (Å²) in [5.41, 5.74) is 3.56. The molecule has 1 aliphatic heterocycles. The number of hydrogen-bond donors (Lipinski definition) is 2. The highest BCUT2D eigenvalue weighted by molar-refractivity contribution is 7.18. The SMILES string of the molecule is CCc1[nH]c2nc3sc(C)cc3nc2c(=O)c1N1CCNCC1. The van der Waals surface area contributed by atoms with Crippen LogP contribution in [-0.4, -0.2) is 41.1 Å². The fraction of sp³-hybridized carbons (Fsp3) is 0.438. The number of nitrogens with zero attached hydrogens (tertiary/aromatic N) is 3. The third-order valence-electron chi connectivity index (χ3n) is 4.26. The number of rotatable bonds is 2. The predicted octanol–water partition coefficient (Wildman–Crippen LogP) is 1.81. The normalized spacial score (nSPS) is 15.7. The standard InChI is InChI=1S/C16H19N5OS/c1-3-10-13(21-6-4-17-5-7-21)14(22)12-15(19-10)20-16-11(18-12)8-9(2)23-16/h8,17H,3-7H2,1-2H3,(H,19,20,22). The zero-order valence-electron chi connectivity index (χ0n) is 13.3. The lowest BCUT2D eigenvalue weighted by Gasteiger charge is -2.30. The number of thiophene rings is 1. The second kappa shape index (κ2) is 5.58. The number of aromatic nitrogens is 3. The van der Waals surface area contributed by atoms with Crippen LogP contribution < -0.4 is 15.6 Å². The van der Waals surface area contributed by atoms with Crippen LogP contribution in [0.25, 0.3) is 21.5 Å². The molecule has 0 saturated carbocycles. The fourth-order valence-electron chi connectivity index (χ4n) is 3.15. The van der Waals surface area contributed by atoms with Gasteiger partial charge in [0.2, 0.25) is 5.43 Å². The van der Waals surface area contributed by atoms with Crippen LogP contribution >= 0.6 is 11.3 Å². The maximum atomic E-state index is 13.1. The molecule has 4 heterocycles. The molecule has 1 fully saturated rings. The van der Waals surface area contributed by atoms with Crippen LogP contribution in [0.5, 0.6) is 0 Å². The Hall–Kier alpha value is -1.99. The summed E-state index contributed by atoms with van der Waals surface area (Å²) >= 11 is 1.60. The summed E-state index contributed by atoms with van der Waals surface area (Å²) in [5.74, 6) is 0. The van der Waals surface area contributed by atoms with Gasteiger partial charge in [-0.15, -0.1) is 11.3 Å². The monoisotopic (exact) mass is 329 g/mol. The van der Waals surface area contributed by atoms with E-state index in [1.807, 2.05) is 13.0 Å². The van der Waals surface area contributed by atoms with Gasteiger partial charge < -0.3 is 15.2 Å². The van der Waals surface area contributed by atoms with Crippen LogP contribution in [0.4, 0.5) is 5.69 Å². The summed E-state index contributed by atoms with van der Waals surface area (Å²) in [4.78, 5) is 29.8. The molecule has 1 saturated heterocycles. The molecule has 120 valence electrons. The minimum Gasteiger partial charge on any atom is -0.364 e. The average molecular weight is 329 g/mol. The summed E-state index contributed by atoms with van der Waals surface area (Å²) in [6.07, 6.45) is 0.771. The lowest BCUT2D eigenvalue weighted by atomic mass is 10.2. The summed E-state index contributed by atoms with van der Waals surface area (Å²) in [6.45, 7) is 7.57. The largest absolute Gasteiger partial charge is 0.364 e. The van der Waals surface area contributed by atoms with Gasteiger partial charge in [0.1, 0.15) is 16.0 Å². The zero-order valence-corrected chi connectivity index (χ0v) is 14.1. The van der Waals surface area contributed by atoms with Crippen molar-refractivity contribution >= 4 is 38.5 Å². The van der Waals surface area contributed by atoms with Crippen LogP contribution in [0.1, 0.15) is 17.5 Å². The number of anilines is 1. The van der Waals surface area contributed by atoms with E-state index >= 15 is 0 Å². The maximum absolute atomic E-state index is 13.1. The number of piperazine rings is 1. The van der Waals surface area contributed by atoms with Crippen molar-refractivity contribution in [1.29, 1.82) is 0 Å². The van der Waals surface area contributed by atoms with Crippen molar-refractivity contribution in [2.75, 3.05) is 31.1 Å². The highest BCUT2D eigenvalue weighted by atomic mass is 32.1. The first-order valence-corrected chi connectivity index (χ1v) is 8.77. The Morgan fingerprint density at radius 3 is 2.83 bits per heavy atom. The molecule has 2 N–H and O–H groups in total. The van der Waals surface area contributed by atoms with Crippen molar-refractivity contribution in [2.24, 2.45) is 0 Å². The van der Waals surface area contributed by atoms with Gasteiger partial charge in [-0.3, -0.25) is 4.79 Å². The number of hydrogen-bond acceptors (Lipinski definition) is 6. The quantitative estimate of drug-likeness (QED) is 0.750. The third-order valence-corrected chi connectivity index (χ3v) is 5.19. The van der Waals surface area contributed by atoms with E-state index in [0.717, 1.165) is 59.2 Å². The summed E-state index contributed by atoms with van der Waals surface area (Å²) in [5, 5.41) is 3.33. The molecule has 0 radical (unpaired) electrons. The van der Waals surface area contributed by atoms with E-state index in [2.05, 4.69) is 32.1 Å². The van der Waals surface area contributed by atoms with E-state index in [1.54, 1.807) is 11.3 Å². The van der Waals surface area contributed by atoms with Gasteiger partial charge >= 0.3 is 0 Å². The smallest absolute Gasteiger partial charge is 0.232 e. The van der Waals surface area contributed by atoms with Crippen LogP contribution in [0.15, 0.2) is 10.9 Å². The van der Waals surface area contributed by atoms with Crippen LogP contribution in [0, 0.1) is 6.92 Å². The van der Waals surface area contributed by atoms with Gasteiger partial charge in [0, 0.05) is 36.8 Å². The van der Waals surface area contributed by atoms with Gasteiger partial charge in [-0.25, -0.2) is 9.97 Å². The van der Waals surface area contributed by atoms with E-state index < -0.39 is 0 Å². The van der Waals surface area contributed by atoms with E-state index in [4.69, 9.17) is 0 Å². The molecule has 3 aromatic heterocycles. The highest BCUT2D eigenvalue weighted by Gasteiger charge is 2.21. The summed E-state index contributed by atoms with van der Waals surface area (Å²) < 4.78 is 0. The van der Waals surface area contributed by atoms with Crippen molar-refractivity contribution in [3.05, 3.63) is 26.9 Å². The molecule has 1 aliphatic rings. The predicted molar refractivity (Wildman–Crippen MR) is 94.7 cm³/mol. The van der Waals surface area contributed by atoms with Gasteiger partial charge in [-0.05, 0) is 19.4 Å². The van der Waals surface area contributed by atoms with Crippen molar-refractivity contribution in [1.82, 2.24) is 20.3 Å². The summed E-state index contributed by atoms with van der Waals surface area (Å²) in [6, 6.07) is 1.99. The number of fused-ring (bicyclic) bond motifs is 2. The van der Waals surface area contributed by atoms with Crippen molar-refractivity contribution in [2.45, 2.75) is 20.3 Å². The van der Waals surface area contributed by atoms with Crippen molar-refractivity contribution in [3.63, 3.8) is 0 Å². The van der Waals surface area contributed by atoms with Gasteiger partial charge in [0.15, 0.2) is 11.2 Å².